The highest BCUT2D eigenvalue weighted by Crippen LogP contribution is 2.40. The first-order chi connectivity index (χ1) is 28.3. The van der Waals surface area contributed by atoms with Gasteiger partial charge in [-0.05, 0) is 75.6 Å². The molecule has 2 N–H and O–H groups in total. The van der Waals surface area contributed by atoms with Crippen molar-refractivity contribution in [2.75, 3.05) is 30.8 Å². The lowest BCUT2D eigenvalue weighted by Crippen LogP contribution is -2.50. The number of hydrogen-bond donors (Lipinski definition) is 2. The van der Waals surface area contributed by atoms with E-state index in [1.54, 1.807) is 29.0 Å². The van der Waals surface area contributed by atoms with E-state index in [0.29, 0.717) is 22.9 Å². The van der Waals surface area contributed by atoms with Crippen molar-refractivity contribution in [3.8, 4) is 5.75 Å². The lowest BCUT2D eigenvalue weighted by Gasteiger charge is -2.35. The van der Waals surface area contributed by atoms with Crippen LogP contribution in [0.5, 0.6) is 5.75 Å². The van der Waals surface area contributed by atoms with E-state index in [2.05, 4.69) is 10.6 Å². The van der Waals surface area contributed by atoms with Gasteiger partial charge in [0.05, 0.1) is 7.11 Å². The molecule has 300 valence electrons. The van der Waals surface area contributed by atoms with Crippen molar-refractivity contribution in [2.24, 2.45) is 9.98 Å². The van der Waals surface area contributed by atoms with Crippen LogP contribution in [0.15, 0.2) is 125 Å². The Kier molecular flexibility index (Phi) is 12.8. The number of methoxy groups -OCH3 is 1. The van der Waals surface area contributed by atoms with E-state index >= 15 is 0 Å². The third-order valence-electron chi connectivity index (χ3n) is 11.5. The van der Waals surface area contributed by atoms with Gasteiger partial charge in [0.15, 0.2) is 0 Å². The molecule has 0 unspecified atom stereocenters. The Balaban J connectivity index is 0.000000177. The Morgan fingerprint density at radius 3 is 1.38 bits per heavy atom. The Labute approximate surface area is 340 Å². The van der Waals surface area contributed by atoms with Gasteiger partial charge in [-0.15, -0.1) is 0 Å². The molecule has 4 aliphatic rings. The molecular formula is C47H52N6O5. The van der Waals surface area contributed by atoms with Gasteiger partial charge in [0.1, 0.15) is 41.6 Å². The molecule has 2 heterocycles. The molecule has 8 rings (SSSR count). The monoisotopic (exact) mass is 780 g/mol. The van der Waals surface area contributed by atoms with Crippen molar-refractivity contribution >= 4 is 46.4 Å². The van der Waals surface area contributed by atoms with Crippen LogP contribution in [0, 0.1) is 0 Å². The number of aliphatic imine (C=N–C) groups is 2. The highest BCUT2D eigenvalue weighted by atomic mass is 16.5. The lowest BCUT2D eigenvalue weighted by atomic mass is 10.00. The highest BCUT2D eigenvalue weighted by Gasteiger charge is 2.49. The molecule has 4 aromatic carbocycles. The second-order valence-electron chi connectivity index (χ2n) is 15.4. The van der Waals surface area contributed by atoms with Crippen LogP contribution in [0.4, 0.5) is 11.4 Å². The molecule has 2 spiro atoms. The molecule has 0 aromatic heterocycles. The summed E-state index contributed by atoms with van der Waals surface area (Å²) in [6.07, 6.45) is 11.8. The number of nitrogens with one attached hydrogen (secondary N) is 2. The topological polar surface area (TPSA) is 133 Å². The number of amides is 4. The number of nitrogens with zero attached hydrogens (tertiary/aromatic N) is 4. The molecule has 58 heavy (non-hydrogen) atoms. The molecule has 4 aromatic rings. The largest absolute Gasteiger partial charge is 0.497 e. The summed E-state index contributed by atoms with van der Waals surface area (Å²) in [5.41, 5.74) is 2.74. The van der Waals surface area contributed by atoms with Crippen LogP contribution in [0.3, 0.4) is 0 Å². The van der Waals surface area contributed by atoms with Gasteiger partial charge in [0.2, 0.25) is 11.8 Å². The van der Waals surface area contributed by atoms with Gasteiger partial charge in [-0.1, -0.05) is 111 Å². The third kappa shape index (κ3) is 9.20. The fraction of sp³-hybridized carbons (Fsp3) is 0.362. The number of benzene rings is 4. The summed E-state index contributed by atoms with van der Waals surface area (Å²) in [5.74, 6) is -0.0578. The van der Waals surface area contributed by atoms with E-state index in [-0.39, 0.29) is 36.7 Å². The smallest absolute Gasteiger partial charge is 0.275 e. The zero-order valence-electron chi connectivity index (χ0n) is 33.2. The first kappa shape index (κ1) is 40.1. The summed E-state index contributed by atoms with van der Waals surface area (Å²) in [5, 5.41) is 5.79. The molecule has 0 saturated heterocycles. The van der Waals surface area contributed by atoms with E-state index in [4.69, 9.17) is 14.7 Å². The van der Waals surface area contributed by atoms with Gasteiger partial charge in [0.25, 0.3) is 11.8 Å². The summed E-state index contributed by atoms with van der Waals surface area (Å²) >= 11 is 0. The summed E-state index contributed by atoms with van der Waals surface area (Å²) in [7, 11) is 1.59. The number of para-hydroxylation sites is 1. The molecule has 11 nitrogen and oxygen atoms in total. The fourth-order valence-electron chi connectivity index (χ4n) is 8.54. The molecule has 0 bridgehead atoms. The van der Waals surface area contributed by atoms with Crippen molar-refractivity contribution < 1.29 is 23.9 Å². The normalized spacial score (nSPS) is 18.4. The van der Waals surface area contributed by atoms with Crippen molar-refractivity contribution in [2.45, 2.75) is 88.4 Å². The van der Waals surface area contributed by atoms with Gasteiger partial charge in [0, 0.05) is 28.6 Å². The number of carbonyl (C=O) groups is 4. The zero-order chi connectivity index (χ0) is 40.4. The van der Waals surface area contributed by atoms with Crippen LogP contribution in [0.1, 0.15) is 88.2 Å². The number of anilines is 2. The maximum absolute atomic E-state index is 13.4. The number of rotatable bonds is 9. The molecule has 2 fully saturated rings. The van der Waals surface area contributed by atoms with Crippen molar-refractivity contribution in [3.05, 3.63) is 126 Å². The van der Waals surface area contributed by atoms with Crippen LogP contribution < -0.4 is 15.4 Å². The van der Waals surface area contributed by atoms with Crippen LogP contribution in [0.2, 0.25) is 0 Å². The molecule has 2 aliphatic heterocycles. The second-order valence-corrected chi connectivity index (χ2v) is 15.4. The Morgan fingerprint density at radius 1 is 0.552 bits per heavy atom. The number of hydrogen-bond acceptors (Lipinski definition) is 7. The Bertz CT molecular complexity index is 2120. The van der Waals surface area contributed by atoms with E-state index in [1.807, 2.05) is 103 Å². The Hall–Kier alpha value is -6.10. The van der Waals surface area contributed by atoms with Crippen LogP contribution in [-0.4, -0.2) is 76.4 Å². The van der Waals surface area contributed by atoms with Crippen molar-refractivity contribution in [1.29, 1.82) is 0 Å². The molecule has 0 radical (unpaired) electrons. The van der Waals surface area contributed by atoms with E-state index < -0.39 is 11.3 Å². The summed E-state index contributed by atoms with van der Waals surface area (Å²) < 4.78 is 5.22. The maximum Gasteiger partial charge on any atom is 0.275 e. The van der Waals surface area contributed by atoms with Crippen molar-refractivity contribution in [1.82, 2.24) is 9.80 Å². The van der Waals surface area contributed by atoms with E-state index in [9.17, 15) is 19.2 Å². The van der Waals surface area contributed by atoms with Gasteiger partial charge in [-0.25, -0.2) is 0 Å². The standard InChI is InChI=1S/C24H27N3O3.C23H25N3O2/c1-30-20-13-9-12-19(16-20)25-21(28)17-27-23(29)22(18-10-5-4-6-11-18)26-24(27)14-7-2-3-8-15-24;27-20(24-19-13-7-4-8-14-19)17-26-22(28)21(18-11-5-3-6-12-18)25-23(26)15-9-1-2-10-16-23/h4-6,9-13,16H,2-3,7-8,14-15,17H2,1H3,(H,25,28);3-8,11-14H,1-2,9-10,15-17H2,(H,24,27). The Morgan fingerprint density at radius 2 is 0.948 bits per heavy atom. The predicted octanol–water partition coefficient (Wildman–Crippen LogP) is 8.02. The summed E-state index contributed by atoms with van der Waals surface area (Å²) in [6.45, 7) is 0.00341. The van der Waals surface area contributed by atoms with Crippen LogP contribution in [0.25, 0.3) is 0 Å². The zero-order valence-corrected chi connectivity index (χ0v) is 33.2. The average molecular weight is 781 g/mol. The minimum Gasteiger partial charge on any atom is -0.497 e. The summed E-state index contributed by atoms with van der Waals surface area (Å²) in [4.78, 5) is 65.5. The van der Waals surface area contributed by atoms with Gasteiger partial charge in [-0.2, -0.15) is 0 Å². The molecular weight excluding hydrogens is 729 g/mol. The quantitative estimate of drug-likeness (QED) is 0.178. The molecule has 0 atom stereocenters. The first-order valence-electron chi connectivity index (χ1n) is 20.5. The van der Waals surface area contributed by atoms with Crippen molar-refractivity contribution in [3.63, 3.8) is 0 Å². The SMILES string of the molecule is COc1cccc(NC(=O)CN2C(=O)C(c3ccccc3)=NC23CCCCCC3)c1.O=C(CN1C(=O)C(c2ccccc2)=NC12CCCCCC2)Nc1ccccc1. The molecule has 2 saturated carbocycles. The lowest BCUT2D eigenvalue weighted by molar-refractivity contribution is -0.133. The molecule has 11 heteroatoms. The van der Waals surface area contributed by atoms with E-state index in [1.165, 1.54) is 0 Å². The summed E-state index contributed by atoms with van der Waals surface area (Å²) in [6, 6.07) is 35.7. The van der Waals surface area contributed by atoms with Crippen LogP contribution in [-0.2, 0) is 19.2 Å². The maximum atomic E-state index is 13.4. The average Bonchev–Trinajstić information content (AvgIpc) is 3.43. The number of ether oxygens (including phenoxy) is 1. The van der Waals surface area contributed by atoms with Gasteiger partial charge < -0.3 is 25.2 Å². The highest BCUT2D eigenvalue weighted by molar-refractivity contribution is 6.47. The van der Waals surface area contributed by atoms with E-state index in [0.717, 1.165) is 93.9 Å². The second kappa shape index (κ2) is 18.4. The predicted molar refractivity (Wildman–Crippen MR) is 227 cm³/mol. The fourth-order valence-corrected chi connectivity index (χ4v) is 8.54. The molecule has 4 amide bonds. The third-order valence-corrected chi connectivity index (χ3v) is 11.5. The minimum atomic E-state index is -0.621. The first-order valence-corrected chi connectivity index (χ1v) is 20.5. The number of carbonyl (C=O) groups excluding carboxylic acids is 4. The van der Waals surface area contributed by atoms with Gasteiger partial charge in [-0.3, -0.25) is 29.2 Å². The van der Waals surface area contributed by atoms with Crippen LogP contribution >= 0.6 is 0 Å². The molecule has 2 aliphatic carbocycles. The minimum absolute atomic E-state index is 0.0180. The van der Waals surface area contributed by atoms with Gasteiger partial charge >= 0.3 is 0 Å².